The minimum Gasteiger partial charge on any atom is -0.466 e. The summed E-state index contributed by atoms with van der Waals surface area (Å²) in [5, 5.41) is 0. The lowest BCUT2D eigenvalue weighted by Gasteiger charge is -2.16. The third kappa shape index (κ3) is 18.1. The van der Waals surface area contributed by atoms with Gasteiger partial charge in [0.2, 0.25) is 0 Å². The van der Waals surface area contributed by atoms with Gasteiger partial charge in [0.05, 0.1) is 6.61 Å². The van der Waals surface area contributed by atoms with E-state index in [1.54, 1.807) is 0 Å². The number of rotatable bonds is 19. The van der Waals surface area contributed by atoms with Gasteiger partial charge in [0.15, 0.2) is 0 Å². The van der Waals surface area contributed by atoms with Crippen LogP contribution in [0.15, 0.2) is 0 Å². The normalized spacial score (nSPS) is 11.0. The molecular formula is C23H44O4. The first-order valence-electron chi connectivity index (χ1n) is 11.5. The maximum Gasteiger partial charge on any atom is 0.306 e. The molecule has 0 aromatic heterocycles. The lowest BCUT2D eigenvalue weighted by atomic mass is 10.1. The van der Waals surface area contributed by atoms with E-state index < -0.39 is 0 Å². The molecule has 0 aliphatic rings. The van der Waals surface area contributed by atoms with Crippen LogP contribution in [-0.2, 0) is 19.1 Å². The molecule has 0 aromatic rings. The van der Waals surface area contributed by atoms with Crippen LogP contribution in [0.5, 0.6) is 0 Å². The SMILES string of the molecule is CCCCCCCCCCOC(=O)CCCCC(=O)OC(CCC)CCC. The van der Waals surface area contributed by atoms with Gasteiger partial charge in [-0.05, 0) is 32.1 Å². The van der Waals surface area contributed by atoms with Crippen LogP contribution in [0.25, 0.3) is 0 Å². The van der Waals surface area contributed by atoms with Crippen LogP contribution in [0, 0.1) is 0 Å². The molecule has 27 heavy (non-hydrogen) atoms. The molecule has 0 saturated carbocycles. The number of unbranched alkanes of at least 4 members (excludes halogenated alkanes) is 8. The zero-order chi connectivity index (χ0) is 20.2. The van der Waals surface area contributed by atoms with Crippen molar-refractivity contribution < 1.29 is 19.1 Å². The lowest BCUT2D eigenvalue weighted by molar-refractivity contribution is -0.150. The molecule has 160 valence electrons. The molecule has 4 heteroatoms. The van der Waals surface area contributed by atoms with Gasteiger partial charge >= 0.3 is 11.9 Å². The minimum absolute atomic E-state index is 0.0594. The highest BCUT2D eigenvalue weighted by Crippen LogP contribution is 2.12. The van der Waals surface area contributed by atoms with E-state index >= 15 is 0 Å². The summed E-state index contributed by atoms with van der Waals surface area (Å²) in [5.41, 5.74) is 0. The zero-order valence-electron chi connectivity index (χ0n) is 18.2. The Morgan fingerprint density at radius 2 is 1.15 bits per heavy atom. The van der Waals surface area contributed by atoms with E-state index in [1.807, 2.05) is 0 Å². The Kier molecular flexibility index (Phi) is 18.9. The Hall–Kier alpha value is -1.06. The second-order valence-corrected chi connectivity index (χ2v) is 7.59. The molecule has 0 bridgehead atoms. The van der Waals surface area contributed by atoms with Gasteiger partial charge in [-0.25, -0.2) is 0 Å². The molecular weight excluding hydrogens is 340 g/mol. The van der Waals surface area contributed by atoms with Gasteiger partial charge in [0, 0.05) is 12.8 Å². The molecule has 0 atom stereocenters. The maximum atomic E-state index is 11.9. The second-order valence-electron chi connectivity index (χ2n) is 7.59. The number of ether oxygens (including phenoxy) is 2. The van der Waals surface area contributed by atoms with E-state index in [0.717, 1.165) is 38.5 Å². The molecule has 4 nitrogen and oxygen atoms in total. The van der Waals surface area contributed by atoms with E-state index in [9.17, 15) is 9.59 Å². The highest BCUT2D eigenvalue weighted by Gasteiger charge is 2.13. The standard InChI is InChI=1S/C23H44O4/c1-4-7-8-9-10-11-12-15-20-26-22(24)18-13-14-19-23(25)27-21(16-5-2)17-6-3/h21H,4-20H2,1-3H3. The fourth-order valence-corrected chi connectivity index (χ4v) is 3.18. The first kappa shape index (κ1) is 25.9. The monoisotopic (exact) mass is 384 g/mol. The Balaban J connectivity index is 3.51. The fraction of sp³-hybridized carbons (Fsp3) is 0.913. The Labute approximate surface area is 167 Å². The van der Waals surface area contributed by atoms with Crippen molar-refractivity contribution >= 4 is 11.9 Å². The molecule has 0 aliphatic heterocycles. The average Bonchev–Trinajstić information content (AvgIpc) is 2.64. The van der Waals surface area contributed by atoms with Gasteiger partial charge < -0.3 is 9.47 Å². The van der Waals surface area contributed by atoms with Crippen LogP contribution < -0.4 is 0 Å². The van der Waals surface area contributed by atoms with Crippen LogP contribution in [-0.4, -0.2) is 24.6 Å². The van der Waals surface area contributed by atoms with Crippen molar-refractivity contribution in [3.63, 3.8) is 0 Å². The number of esters is 2. The largest absolute Gasteiger partial charge is 0.466 e. The summed E-state index contributed by atoms with van der Waals surface area (Å²) >= 11 is 0. The van der Waals surface area contributed by atoms with Crippen molar-refractivity contribution in [2.24, 2.45) is 0 Å². The molecule has 0 aliphatic carbocycles. The molecule has 0 rings (SSSR count). The minimum atomic E-state index is -0.138. The molecule has 0 spiro atoms. The third-order valence-electron chi connectivity index (χ3n) is 4.79. The van der Waals surface area contributed by atoms with Gasteiger partial charge in [0.25, 0.3) is 0 Å². The van der Waals surface area contributed by atoms with Crippen molar-refractivity contribution in [3.8, 4) is 0 Å². The van der Waals surface area contributed by atoms with Crippen LogP contribution in [0.2, 0.25) is 0 Å². The molecule has 0 aromatic carbocycles. The summed E-state index contributed by atoms with van der Waals surface area (Å²) in [5.74, 6) is -0.268. The van der Waals surface area contributed by atoms with E-state index in [0.29, 0.717) is 32.3 Å². The van der Waals surface area contributed by atoms with E-state index in [1.165, 1.54) is 38.5 Å². The summed E-state index contributed by atoms with van der Waals surface area (Å²) < 4.78 is 10.8. The molecule has 0 saturated heterocycles. The van der Waals surface area contributed by atoms with Gasteiger partial charge in [-0.15, -0.1) is 0 Å². The van der Waals surface area contributed by atoms with Crippen LogP contribution in [0.4, 0.5) is 0 Å². The van der Waals surface area contributed by atoms with Gasteiger partial charge in [-0.3, -0.25) is 9.59 Å². The fourth-order valence-electron chi connectivity index (χ4n) is 3.18. The predicted molar refractivity (Wildman–Crippen MR) is 112 cm³/mol. The van der Waals surface area contributed by atoms with E-state index in [-0.39, 0.29) is 18.0 Å². The number of carbonyl (C=O) groups is 2. The summed E-state index contributed by atoms with van der Waals surface area (Å²) in [4.78, 5) is 23.6. The van der Waals surface area contributed by atoms with Crippen LogP contribution in [0.1, 0.15) is 124 Å². The molecule has 0 radical (unpaired) electrons. The van der Waals surface area contributed by atoms with Crippen LogP contribution in [0.3, 0.4) is 0 Å². The lowest BCUT2D eigenvalue weighted by Crippen LogP contribution is -2.17. The van der Waals surface area contributed by atoms with E-state index in [4.69, 9.17) is 9.47 Å². The highest BCUT2D eigenvalue weighted by atomic mass is 16.5. The van der Waals surface area contributed by atoms with Gasteiger partial charge in [-0.1, -0.05) is 78.6 Å². The molecule has 0 N–H and O–H groups in total. The number of carbonyl (C=O) groups excluding carboxylic acids is 2. The first-order chi connectivity index (χ1) is 13.1. The van der Waals surface area contributed by atoms with Crippen molar-refractivity contribution in [2.45, 2.75) is 130 Å². The van der Waals surface area contributed by atoms with E-state index in [2.05, 4.69) is 20.8 Å². The molecule has 0 heterocycles. The average molecular weight is 385 g/mol. The number of hydrogen-bond acceptors (Lipinski definition) is 4. The summed E-state index contributed by atoms with van der Waals surface area (Å²) in [6, 6.07) is 0. The van der Waals surface area contributed by atoms with Gasteiger partial charge in [-0.2, -0.15) is 0 Å². The topological polar surface area (TPSA) is 52.6 Å². The molecule has 0 amide bonds. The quantitative estimate of drug-likeness (QED) is 0.183. The van der Waals surface area contributed by atoms with Gasteiger partial charge in [0.1, 0.15) is 6.10 Å². The third-order valence-corrected chi connectivity index (χ3v) is 4.79. The van der Waals surface area contributed by atoms with Crippen molar-refractivity contribution in [1.82, 2.24) is 0 Å². The molecule has 0 unspecified atom stereocenters. The highest BCUT2D eigenvalue weighted by molar-refractivity contribution is 5.70. The summed E-state index contributed by atoms with van der Waals surface area (Å²) in [7, 11) is 0. The summed E-state index contributed by atoms with van der Waals surface area (Å²) in [6.45, 7) is 6.98. The van der Waals surface area contributed by atoms with Crippen molar-refractivity contribution in [3.05, 3.63) is 0 Å². The summed E-state index contributed by atoms with van der Waals surface area (Å²) in [6.07, 6.45) is 16.1. The smallest absolute Gasteiger partial charge is 0.306 e. The predicted octanol–water partition coefficient (Wildman–Crippen LogP) is 6.74. The Morgan fingerprint density at radius 3 is 1.70 bits per heavy atom. The Bertz CT molecular complexity index is 348. The maximum absolute atomic E-state index is 11.9. The van der Waals surface area contributed by atoms with Crippen molar-refractivity contribution in [2.75, 3.05) is 6.61 Å². The van der Waals surface area contributed by atoms with Crippen molar-refractivity contribution in [1.29, 1.82) is 0 Å². The molecule has 0 fully saturated rings. The first-order valence-corrected chi connectivity index (χ1v) is 11.5. The second kappa shape index (κ2) is 19.7. The number of hydrogen-bond donors (Lipinski definition) is 0. The Morgan fingerprint density at radius 1 is 0.630 bits per heavy atom. The zero-order valence-corrected chi connectivity index (χ0v) is 18.2. The van der Waals surface area contributed by atoms with Crippen LogP contribution >= 0.6 is 0 Å².